The van der Waals surface area contributed by atoms with E-state index in [4.69, 9.17) is 21.1 Å². The molecule has 4 aromatic rings. The van der Waals surface area contributed by atoms with Crippen LogP contribution >= 0.6 is 11.6 Å². The summed E-state index contributed by atoms with van der Waals surface area (Å²) in [5.41, 5.74) is 6.11. The Morgan fingerprint density at radius 1 is 1.02 bits per heavy atom. The number of pyridine rings is 1. The van der Waals surface area contributed by atoms with Crippen molar-refractivity contribution in [2.24, 2.45) is 11.8 Å². The number of hydrogen-bond acceptors (Lipinski definition) is 6. The maximum Gasteiger partial charge on any atom is 0.329 e. The molecule has 3 aliphatic carbocycles. The van der Waals surface area contributed by atoms with Crippen LogP contribution in [-0.2, 0) is 29.5 Å². The number of likely N-dealkylation sites (N-methyl/N-ethyl adjacent to an activating group) is 1. The molecule has 1 saturated carbocycles. The lowest BCUT2D eigenvalue weighted by molar-refractivity contribution is -0.144. The lowest BCUT2D eigenvalue weighted by Gasteiger charge is -2.47. The second-order valence-corrected chi connectivity index (χ2v) is 17.2. The fourth-order valence-corrected chi connectivity index (χ4v) is 9.96. The summed E-state index contributed by atoms with van der Waals surface area (Å²) >= 11 is 6.31. The van der Waals surface area contributed by atoms with Crippen molar-refractivity contribution in [1.29, 1.82) is 0 Å². The number of hydrogen-bond donors (Lipinski definition) is 2. The van der Waals surface area contributed by atoms with Crippen molar-refractivity contribution in [3.05, 3.63) is 118 Å². The molecule has 0 aliphatic heterocycles. The van der Waals surface area contributed by atoms with E-state index in [-0.39, 0.29) is 5.41 Å². The van der Waals surface area contributed by atoms with E-state index in [2.05, 4.69) is 84.6 Å². The van der Waals surface area contributed by atoms with Crippen LogP contribution in [0.25, 0.3) is 0 Å². The predicted molar refractivity (Wildman–Crippen MR) is 222 cm³/mol. The fraction of sp³-hybridized carbons (Fsp3) is 0.489. The lowest BCUT2D eigenvalue weighted by atomic mass is 9.59. The van der Waals surface area contributed by atoms with Gasteiger partial charge in [-0.05, 0) is 154 Å². The fourth-order valence-electron chi connectivity index (χ4n) is 9.77. The highest BCUT2D eigenvalue weighted by molar-refractivity contribution is 6.30. The number of aryl methyl sites for hydroxylation is 1. The SMILES string of the molecule is C[C@@H](COc1ccnc2c1[C@H](C)CCC2)C[C@H]1Cc2ccc(OCCCN(C)CCc3ccccc3)cc2C12CCC(Nc1cccc(Cl)c1)(C(=O)O)CC2. The summed E-state index contributed by atoms with van der Waals surface area (Å²) in [6.45, 7) is 7.90. The van der Waals surface area contributed by atoms with Crippen LogP contribution in [0.1, 0.15) is 99.1 Å². The third-order valence-electron chi connectivity index (χ3n) is 12.8. The molecule has 0 amide bonds. The Balaban J connectivity index is 1.05. The molecule has 0 radical (unpaired) electrons. The van der Waals surface area contributed by atoms with Crippen molar-refractivity contribution in [3.8, 4) is 11.5 Å². The molecule has 1 fully saturated rings. The summed E-state index contributed by atoms with van der Waals surface area (Å²) in [4.78, 5) is 20.1. The monoisotopic (exact) mass is 763 g/mol. The number of fused-ring (bicyclic) bond motifs is 3. The first-order chi connectivity index (χ1) is 26.6. The maximum absolute atomic E-state index is 13.0. The Morgan fingerprint density at radius 2 is 1.84 bits per heavy atom. The highest BCUT2D eigenvalue weighted by Gasteiger charge is 2.54. The topological polar surface area (TPSA) is 83.9 Å². The van der Waals surface area contributed by atoms with E-state index in [9.17, 15) is 9.90 Å². The zero-order valence-electron chi connectivity index (χ0n) is 32.9. The Kier molecular flexibility index (Phi) is 12.4. The molecule has 0 unspecified atom stereocenters. The highest BCUT2D eigenvalue weighted by Crippen LogP contribution is 2.57. The van der Waals surface area contributed by atoms with Crippen LogP contribution in [0.5, 0.6) is 11.5 Å². The van der Waals surface area contributed by atoms with Crippen LogP contribution in [-0.4, -0.2) is 59.8 Å². The van der Waals surface area contributed by atoms with Gasteiger partial charge in [-0.2, -0.15) is 0 Å². The second kappa shape index (κ2) is 17.4. The minimum Gasteiger partial charge on any atom is -0.494 e. The van der Waals surface area contributed by atoms with Gasteiger partial charge >= 0.3 is 5.97 Å². The largest absolute Gasteiger partial charge is 0.494 e. The first-order valence-electron chi connectivity index (χ1n) is 20.5. The van der Waals surface area contributed by atoms with E-state index >= 15 is 0 Å². The van der Waals surface area contributed by atoms with Gasteiger partial charge in [0.2, 0.25) is 0 Å². The molecule has 7 nitrogen and oxygen atoms in total. The highest BCUT2D eigenvalue weighted by atomic mass is 35.5. The molecule has 3 atom stereocenters. The van der Waals surface area contributed by atoms with Gasteiger partial charge < -0.3 is 24.8 Å². The number of aromatic nitrogens is 1. The smallest absolute Gasteiger partial charge is 0.329 e. The van der Waals surface area contributed by atoms with Crippen molar-refractivity contribution in [2.75, 3.05) is 38.7 Å². The number of carbonyl (C=O) groups is 1. The average molecular weight is 764 g/mol. The Hall–Kier alpha value is -4.07. The van der Waals surface area contributed by atoms with Crippen LogP contribution in [0.4, 0.5) is 5.69 Å². The Labute approximate surface area is 332 Å². The molecule has 0 bridgehead atoms. The van der Waals surface area contributed by atoms with E-state index < -0.39 is 11.5 Å². The van der Waals surface area contributed by atoms with Gasteiger partial charge in [-0.3, -0.25) is 4.98 Å². The van der Waals surface area contributed by atoms with Gasteiger partial charge in [-0.15, -0.1) is 0 Å². The molecule has 0 saturated heterocycles. The molecule has 292 valence electrons. The first-order valence-corrected chi connectivity index (χ1v) is 20.9. The van der Waals surface area contributed by atoms with Crippen molar-refractivity contribution in [3.63, 3.8) is 0 Å². The number of anilines is 1. The zero-order chi connectivity index (χ0) is 38.4. The standard InChI is InChI=1S/C47H58ClN3O4/c1-33(32-55-43-18-24-49-42-15-7-10-34(2)44(42)43)28-37-29-36-16-17-40(54-27-9-25-51(3)26-19-35-11-5-4-6-12-35)31-41(36)46(37)20-22-47(23-21-46,45(52)53)50-39-14-8-13-38(48)30-39/h4-6,8,11-14,16-18,24,30-31,33-34,37,50H,7,9-10,15,19-23,25-29,32H2,1-3H3,(H,52,53)/t33-,34-,37+,46?,47?/m1/s1. The van der Waals surface area contributed by atoms with Crippen molar-refractivity contribution >= 4 is 23.3 Å². The van der Waals surface area contributed by atoms with E-state index in [1.807, 2.05) is 36.5 Å². The van der Waals surface area contributed by atoms with E-state index in [1.54, 1.807) is 0 Å². The molecular weight excluding hydrogens is 706 g/mol. The number of aliphatic carboxylic acids is 1. The number of ether oxygens (including phenoxy) is 2. The quantitative estimate of drug-likeness (QED) is 0.110. The molecule has 3 aromatic carbocycles. The number of halogens is 1. The molecule has 1 aromatic heterocycles. The zero-order valence-corrected chi connectivity index (χ0v) is 33.6. The average Bonchev–Trinajstić information content (AvgIpc) is 3.47. The summed E-state index contributed by atoms with van der Waals surface area (Å²) in [6.07, 6.45) is 11.9. The van der Waals surface area contributed by atoms with E-state index in [1.165, 1.54) is 40.8 Å². The molecule has 2 N–H and O–H groups in total. The molecule has 8 heteroatoms. The van der Waals surface area contributed by atoms with Crippen molar-refractivity contribution < 1.29 is 19.4 Å². The Bertz CT molecular complexity index is 1910. The van der Waals surface area contributed by atoms with Crippen LogP contribution in [0.2, 0.25) is 5.02 Å². The normalized spacial score (nSPS) is 23.6. The molecule has 1 heterocycles. The van der Waals surface area contributed by atoms with Gasteiger partial charge in [-0.25, -0.2) is 4.79 Å². The number of nitrogens with zero attached hydrogens (tertiary/aromatic N) is 2. The third kappa shape index (κ3) is 8.99. The minimum atomic E-state index is -1.06. The van der Waals surface area contributed by atoms with Gasteiger partial charge in [0, 0.05) is 41.3 Å². The van der Waals surface area contributed by atoms with Crippen molar-refractivity contribution in [1.82, 2.24) is 9.88 Å². The van der Waals surface area contributed by atoms with E-state index in [0.717, 1.165) is 75.2 Å². The van der Waals surface area contributed by atoms with Crippen LogP contribution in [0.3, 0.4) is 0 Å². The summed E-state index contributed by atoms with van der Waals surface area (Å²) in [6, 6.07) is 26.8. The van der Waals surface area contributed by atoms with Gasteiger partial charge in [0.1, 0.15) is 17.0 Å². The third-order valence-corrected chi connectivity index (χ3v) is 13.1. The second-order valence-electron chi connectivity index (χ2n) is 16.8. The Morgan fingerprint density at radius 3 is 2.62 bits per heavy atom. The minimum absolute atomic E-state index is 0.139. The summed E-state index contributed by atoms with van der Waals surface area (Å²) in [5, 5.41) is 14.7. The van der Waals surface area contributed by atoms with Crippen LogP contribution < -0.4 is 14.8 Å². The predicted octanol–water partition coefficient (Wildman–Crippen LogP) is 10.1. The molecule has 55 heavy (non-hydrogen) atoms. The van der Waals surface area contributed by atoms with Crippen LogP contribution in [0.15, 0.2) is 85.1 Å². The summed E-state index contributed by atoms with van der Waals surface area (Å²) < 4.78 is 13.0. The van der Waals surface area contributed by atoms with Gasteiger partial charge in [0.25, 0.3) is 0 Å². The molecule has 3 aliphatic rings. The molecule has 7 rings (SSSR count). The van der Waals surface area contributed by atoms with Crippen molar-refractivity contribution in [2.45, 2.75) is 101 Å². The van der Waals surface area contributed by atoms with E-state index in [0.29, 0.717) is 48.8 Å². The van der Waals surface area contributed by atoms with Gasteiger partial charge in [0.05, 0.1) is 13.2 Å². The van der Waals surface area contributed by atoms with Crippen LogP contribution in [0, 0.1) is 11.8 Å². The number of carboxylic acids is 1. The number of nitrogens with one attached hydrogen (secondary N) is 1. The van der Waals surface area contributed by atoms with Gasteiger partial charge in [-0.1, -0.05) is 67.9 Å². The van der Waals surface area contributed by atoms with Gasteiger partial charge in [0.15, 0.2) is 0 Å². The summed E-state index contributed by atoms with van der Waals surface area (Å²) in [5.74, 6) is 2.26. The first kappa shape index (κ1) is 39.2. The number of rotatable bonds is 16. The summed E-state index contributed by atoms with van der Waals surface area (Å²) in [7, 11) is 2.18. The lowest BCUT2D eigenvalue weighted by Crippen LogP contribution is -2.53. The molecular formula is C47H58ClN3O4. The maximum atomic E-state index is 13.0. The number of benzene rings is 3. The number of carboxylic acid groups (broad SMARTS) is 1. The molecule has 1 spiro atoms.